The highest BCUT2D eigenvalue weighted by Gasteiger charge is 2.41. The number of carbonyl (C=O) groups is 1. The molecular formula is C35H38N6O3S. The molecule has 9 nitrogen and oxygen atoms in total. The van der Waals surface area contributed by atoms with Crippen molar-refractivity contribution in [2.75, 3.05) is 26.2 Å². The Morgan fingerprint density at radius 3 is 2.47 bits per heavy atom. The summed E-state index contributed by atoms with van der Waals surface area (Å²) in [7, 11) is 0. The monoisotopic (exact) mass is 622 g/mol. The fourth-order valence-corrected chi connectivity index (χ4v) is 7.63. The summed E-state index contributed by atoms with van der Waals surface area (Å²) in [6, 6.07) is 21.9. The molecule has 0 unspecified atom stereocenters. The molecule has 5 heterocycles. The highest BCUT2D eigenvalue weighted by Crippen LogP contribution is 2.36. The second-order valence-electron chi connectivity index (χ2n) is 12.5. The fourth-order valence-electron chi connectivity index (χ4n) is 7.02. The summed E-state index contributed by atoms with van der Waals surface area (Å²) in [5.74, 6) is 0.139. The van der Waals surface area contributed by atoms with Gasteiger partial charge in [-0.3, -0.25) is 19.1 Å². The second-order valence-corrected chi connectivity index (χ2v) is 13.6. The van der Waals surface area contributed by atoms with Crippen LogP contribution in [-0.4, -0.2) is 71.7 Å². The van der Waals surface area contributed by atoms with E-state index in [4.69, 9.17) is 0 Å². The van der Waals surface area contributed by atoms with Gasteiger partial charge in [0, 0.05) is 55.3 Å². The zero-order valence-electron chi connectivity index (χ0n) is 25.5. The quantitative estimate of drug-likeness (QED) is 0.285. The Morgan fingerprint density at radius 1 is 1.02 bits per heavy atom. The number of benzene rings is 2. The number of rotatable bonds is 7. The molecule has 232 valence electrons. The van der Waals surface area contributed by atoms with Crippen LogP contribution >= 0.6 is 11.3 Å². The lowest BCUT2D eigenvalue weighted by atomic mass is 9.79. The van der Waals surface area contributed by atoms with E-state index in [2.05, 4.69) is 32.4 Å². The maximum atomic E-state index is 14.0. The van der Waals surface area contributed by atoms with Gasteiger partial charge in [0.05, 0.1) is 28.2 Å². The minimum Gasteiger partial charge on any atom is -0.388 e. The number of aromatic nitrogens is 4. The summed E-state index contributed by atoms with van der Waals surface area (Å²) < 4.78 is 3.41. The molecule has 0 spiro atoms. The zero-order chi connectivity index (χ0) is 31.0. The number of amides is 1. The van der Waals surface area contributed by atoms with E-state index < -0.39 is 5.60 Å². The summed E-state index contributed by atoms with van der Waals surface area (Å²) in [5, 5.41) is 15.3. The van der Waals surface area contributed by atoms with Crippen LogP contribution in [0.25, 0.3) is 16.7 Å². The molecule has 45 heavy (non-hydrogen) atoms. The smallest absolute Gasteiger partial charge is 0.262 e. The van der Waals surface area contributed by atoms with Crippen LogP contribution in [0.4, 0.5) is 0 Å². The van der Waals surface area contributed by atoms with E-state index >= 15 is 0 Å². The Labute approximate surface area is 266 Å². The van der Waals surface area contributed by atoms with Crippen molar-refractivity contribution < 1.29 is 9.90 Å². The normalized spacial score (nSPS) is 20.4. The minimum absolute atomic E-state index is 0.0903. The predicted molar refractivity (Wildman–Crippen MR) is 176 cm³/mol. The third-order valence-electron chi connectivity index (χ3n) is 9.47. The maximum Gasteiger partial charge on any atom is 0.262 e. The molecule has 7 rings (SSSR count). The Balaban J connectivity index is 1.03. The summed E-state index contributed by atoms with van der Waals surface area (Å²) in [5.41, 5.74) is 2.54. The average molecular weight is 623 g/mol. The molecule has 2 saturated heterocycles. The molecule has 2 aliphatic heterocycles. The van der Waals surface area contributed by atoms with Gasteiger partial charge in [0.15, 0.2) is 5.65 Å². The number of carbonyl (C=O) groups excluding carboxylic acids is 1. The highest BCUT2D eigenvalue weighted by atomic mass is 32.1. The molecule has 2 aliphatic rings. The van der Waals surface area contributed by atoms with Crippen LogP contribution in [0.15, 0.2) is 89.4 Å². The number of thiazole rings is 1. The number of likely N-dealkylation sites (tertiary alicyclic amines) is 2. The number of nitrogens with zero attached hydrogens (tertiary/aromatic N) is 6. The van der Waals surface area contributed by atoms with Crippen LogP contribution in [-0.2, 0) is 17.9 Å². The Morgan fingerprint density at radius 2 is 1.76 bits per heavy atom. The van der Waals surface area contributed by atoms with Crippen molar-refractivity contribution >= 4 is 28.3 Å². The van der Waals surface area contributed by atoms with Crippen molar-refractivity contribution in [3.8, 4) is 5.69 Å². The van der Waals surface area contributed by atoms with Gasteiger partial charge in [0.1, 0.15) is 6.33 Å². The molecule has 2 fully saturated rings. The predicted octanol–water partition coefficient (Wildman–Crippen LogP) is 4.61. The second kappa shape index (κ2) is 12.3. The van der Waals surface area contributed by atoms with Gasteiger partial charge in [-0.15, -0.1) is 11.3 Å². The van der Waals surface area contributed by atoms with Gasteiger partial charge in [-0.05, 0) is 56.5 Å². The lowest BCUT2D eigenvalue weighted by molar-refractivity contribution is -0.142. The van der Waals surface area contributed by atoms with E-state index in [1.165, 1.54) is 16.5 Å². The topological polar surface area (TPSA) is 96.5 Å². The first-order chi connectivity index (χ1) is 21.9. The van der Waals surface area contributed by atoms with E-state index in [1.807, 2.05) is 71.1 Å². The summed E-state index contributed by atoms with van der Waals surface area (Å²) in [6.45, 7) is 5.55. The number of piperidine rings is 2. The van der Waals surface area contributed by atoms with Crippen LogP contribution in [0, 0.1) is 12.8 Å². The number of hydrogen-bond acceptors (Lipinski definition) is 7. The first-order valence-corrected chi connectivity index (χ1v) is 16.6. The van der Waals surface area contributed by atoms with Crippen molar-refractivity contribution in [1.82, 2.24) is 28.9 Å². The number of aliphatic hydroxyl groups is 1. The average Bonchev–Trinajstić information content (AvgIpc) is 3.69. The first kappa shape index (κ1) is 29.6. The summed E-state index contributed by atoms with van der Waals surface area (Å²) in [4.78, 5) is 41.1. The molecule has 0 bridgehead atoms. The molecule has 10 heteroatoms. The van der Waals surface area contributed by atoms with E-state index in [-0.39, 0.29) is 29.8 Å². The molecule has 3 aromatic heterocycles. The number of fused-ring (bicyclic) bond motifs is 1. The van der Waals surface area contributed by atoms with E-state index in [0.717, 1.165) is 42.4 Å². The fraction of sp³-hybridized carbons (Fsp3) is 0.371. The number of para-hydroxylation sites is 1. The molecule has 0 aliphatic carbocycles. The van der Waals surface area contributed by atoms with Crippen molar-refractivity contribution in [2.24, 2.45) is 5.92 Å². The SMILES string of the molecule is Cc1nc(CN2CC[C@@H](C(=O)N3CCC(O)(Cn4cnc5c(ccn5-c5ccccc5)c4=O)CC3)[C@H](c3ccccc3)C2)cs1. The van der Waals surface area contributed by atoms with E-state index in [1.54, 1.807) is 17.4 Å². The zero-order valence-corrected chi connectivity index (χ0v) is 26.3. The minimum atomic E-state index is -1.09. The third-order valence-corrected chi connectivity index (χ3v) is 10.3. The molecular weight excluding hydrogens is 584 g/mol. The molecule has 1 amide bonds. The van der Waals surface area contributed by atoms with Gasteiger partial charge in [-0.1, -0.05) is 48.5 Å². The van der Waals surface area contributed by atoms with Crippen molar-refractivity contribution in [2.45, 2.75) is 50.8 Å². The first-order valence-electron chi connectivity index (χ1n) is 15.7. The Hall–Kier alpha value is -4.12. The van der Waals surface area contributed by atoms with E-state index in [0.29, 0.717) is 37.0 Å². The largest absolute Gasteiger partial charge is 0.388 e. The molecule has 0 radical (unpaired) electrons. The molecule has 2 aromatic carbocycles. The molecule has 5 aromatic rings. The molecule has 2 atom stereocenters. The number of hydrogen-bond donors (Lipinski definition) is 1. The third kappa shape index (κ3) is 6.10. The Bertz CT molecular complexity index is 1840. The Kier molecular flexibility index (Phi) is 8.12. The standard InChI is InChI=1S/C35H38N6O3S/c1-25-37-27(22-45-25)20-38-16-12-29(31(21-38)26-8-4-2-5-9-26)33(42)39-18-14-35(44,15-19-39)23-40-24-36-32-30(34(40)43)13-17-41(32)28-10-6-3-7-11-28/h2-11,13,17,22,24,29,31,44H,12,14-16,18-21,23H2,1H3/t29-,31+/m1/s1. The van der Waals surface area contributed by atoms with Crippen molar-refractivity contribution in [3.05, 3.63) is 111 Å². The van der Waals surface area contributed by atoms with Gasteiger partial charge in [-0.25, -0.2) is 9.97 Å². The van der Waals surface area contributed by atoms with Crippen molar-refractivity contribution in [1.29, 1.82) is 0 Å². The van der Waals surface area contributed by atoms with Gasteiger partial charge < -0.3 is 14.6 Å². The van der Waals surface area contributed by atoms with Crippen LogP contribution in [0.3, 0.4) is 0 Å². The van der Waals surface area contributed by atoms with Crippen LogP contribution in [0.2, 0.25) is 0 Å². The lowest BCUT2D eigenvalue weighted by Gasteiger charge is -2.43. The molecule has 1 N–H and O–H groups in total. The van der Waals surface area contributed by atoms with Crippen LogP contribution in [0.5, 0.6) is 0 Å². The van der Waals surface area contributed by atoms with Gasteiger partial charge >= 0.3 is 0 Å². The van der Waals surface area contributed by atoms with Crippen LogP contribution in [0.1, 0.15) is 41.4 Å². The molecule has 0 saturated carbocycles. The van der Waals surface area contributed by atoms with Gasteiger partial charge in [0.2, 0.25) is 5.91 Å². The van der Waals surface area contributed by atoms with Gasteiger partial charge in [-0.2, -0.15) is 0 Å². The maximum absolute atomic E-state index is 14.0. The lowest BCUT2D eigenvalue weighted by Crippen LogP contribution is -2.53. The van der Waals surface area contributed by atoms with Crippen LogP contribution < -0.4 is 5.56 Å². The summed E-state index contributed by atoms with van der Waals surface area (Å²) >= 11 is 1.67. The number of aryl methyl sites for hydroxylation is 1. The highest BCUT2D eigenvalue weighted by molar-refractivity contribution is 7.09. The summed E-state index contributed by atoms with van der Waals surface area (Å²) in [6.07, 6.45) is 4.99. The van der Waals surface area contributed by atoms with Crippen molar-refractivity contribution in [3.63, 3.8) is 0 Å². The van der Waals surface area contributed by atoms with Gasteiger partial charge in [0.25, 0.3) is 5.56 Å². The van der Waals surface area contributed by atoms with E-state index in [9.17, 15) is 14.7 Å².